The van der Waals surface area contributed by atoms with Gasteiger partial charge in [0.05, 0.1) is 12.5 Å². The molecule has 1 heterocycles. The lowest BCUT2D eigenvalue weighted by atomic mass is 9.97. The summed E-state index contributed by atoms with van der Waals surface area (Å²) in [7, 11) is 0. The Morgan fingerprint density at radius 1 is 1.19 bits per heavy atom. The van der Waals surface area contributed by atoms with Gasteiger partial charge >= 0.3 is 6.09 Å². The SMILES string of the molecule is CC(CNC(=O)[C@H]1CCCN(C(=O)OC(C)(C)C)C1)COc1c(F)c(F)cc(F)c1F. The highest BCUT2D eigenvalue weighted by Crippen LogP contribution is 2.27. The highest BCUT2D eigenvalue weighted by Gasteiger charge is 2.31. The zero-order valence-electron chi connectivity index (χ0n) is 18.1. The molecule has 0 bridgehead atoms. The number of benzene rings is 1. The van der Waals surface area contributed by atoms with Gasteiger partial charge in [-0.25, -0.2) is 13.6 Å². The first-order valence-corrected chi connectivity index (χ1v) is 10.1. The van der Waals surface area contributed by atoms with E-state index >= 15 is 0 Å². The quantitative estimate of drug-likeness (QED) is 0.527. The Bertz CT molecular complexity index is 787. The second-order valence-corrected chi connectivity index (χ2v) is 8.72. The van der Waals surface area contributed by atoms with E-state index < -0.39 is 52.5 Å². The summed E-state index contributed by atoms with van der Waals surface area (Å²) in [6.07, 6.45) is 0.785. The molecule has 31 heavy (non-hydrogen) atoms. The molecule has 0 radical (unpaired) electrons. The fraction of sp³-hybridized carbons (Fsp3) is 0.619. The first-order valence-electron chi connectivity index (χ1n) is 10.1. The van der Waals surface area contributed by atoms with E-state index in [1.54, 1.807) is 27.7 Å². The maximum Gasteiger partial charge on any atom is 0.410 e. The van der Waals surface area contributed by atoms with Gasteiger partial charge in [0.1, 0.15) is 5.60 Å². The van der Waals surface area contributed by atoms with Crippen LogP contribution in [0.3, 0.4) is 0 Å². The number of ether oxygens (including phenoxy) is 2. The first-order chi connectivity index (χ1) is 14.4. The summed E-state index contributed by atoms with van der Waals surface area (Å²) in [6.45, 7) is 7.50. The van der Waals surface area contributed by atoms with Gasteiger partial charge in [-0.1, -0.05) is 6.92 Å². The summed E-state index contributed by atoms with van der Waals surface area (Å²) in [5.41, 5.74) is -0.634. The monoisotopic (exact) mass is 448 g/mol. The van der Waals surface area contributed by atoms with Crippen LogP contribution in [0.15, 0.2) is 6.07 Å². The second kappa shape index (κ2) is 10.2. The van der Waals surface area contributed by atoms with E-state index in [9.17, 15) is 27.2 Å². The molecule has 1 N–H and O–H groups in total. The Morgan fingerprint density at radius 2 is 1.81 bits per heavy atom. The molecule has 174 valence electrons. The van der Waals surface area contributed by atoms with E-state index in [0.717, 1.165) is 0 Å². The average Bonchev–Trinajstić information content (AvgIpc) is 2.69. The van der Waals surface area contributed by atoms with Crippen molar-refractivity contribution in [2.75, 3.05) is 26.2 Å². The third-order valence-electron chi connectivity index (χ3n) is 4.65. The van der Waals surface area contributed by atoms with Crippen LogP contribution in [0, 0.1) is 35.1 Å². The molecule has 1 aromatic carbocycles. The number of carbonyl (C=O) groups excluding carboxylic acids is 2. The number of hydrogen-bond donors (Lipinski definition) is 1. The van der Waals surface area contributed by atoms with Crippen LogP contribution >= 0.6 is 0 Å². The fourth-order valence-corrected chi connectivity index (χ4v) is 3.07. The summed E-state index contributed by atoms with van der Waals surface area (Å²) < 4.78 is 64.0. The minimum atomic E-state index is -1.61. The van der Waals surface area contributed by atoms with Gasteiger partial charge in [-0.2, -0.15) is 8.78 Å². The molecule has 1 aliphatic rings. The smallest absolute Gasteiger partial charge is 0.410 e. The molecule has 2 amide bonds. The average molecular weight is 448 g/mol. The van der Waals surface area contributed by atoms with E-state index in [-0.39, 0.29) is 31.7 Å². The molecule has 0 aromatic heterocycles. The van der Waals surface area contributed by atoms with Crippen molar-refractivity contribution in [3.63, 3.8) is 0 Å². The van der Waals surface area contributed by atoms with Crippen molar-refractivity contribution < 1.29 is 36.6 Å². The third-order valence-corrected chi connectivity index (χ3v) is 4.65. The van der Waals surface area contributed by atoms with Gasteiger partial charge in [0.25, 0.3) is 0 Å². The number of amides is 2. The number of piperidine rings is 1. The van der Waals surface area contributed by atoms with Gasteiger partial charge in [0.2, 0.25) is 17.5 Å². The zero-order chi connectivity index (χ0) is 23.3. The number of nitrogens with zero attached hydrogens (tertiary/aromatic N) is 1. The van der Waals surface area contributed by atoms with Crippen LogP contribution in [0.2, 0.25) is 0 Å². The molecule has 1 saturated heterocycles. The van der Waals surface area contributed by atoms with Crippen molar-refractivity contribution in [2.45, 2.75) is 46.1 Å². The predicted molar refractivity (Wildman–Crippen MR) is 104 cm³/mol. The first kappa shape index (κ1) is 24.7. The second-order valence-electron chi connectivity index (χ2n) is 8.72. The highest BCUT2D eigenvalue weighted by molar-refractivity contribution is 5.80. The summed E-state index contributed by atoms with van der Waals surface area (Å²) in [5, 5.41) is 2.71. The maximum absolute atomic E-state index is 13.6. The third kappa shape index (κ3) is 7.00. The number of hydrogen-bond acceptors (Lipinski definition) is 4. The van der Waals surface area contributed by atoms with Crippen LogP contribution in [0.1, 0.15) is 40.5 Å². The molecule has 1 fully saturated rings. The van der Waals surface area contributed by atoms with Crippen molar-refractivity contribution in [1.82, 2.24) is 10.2 Å². The van der Waals surface area contributed by atoms with Gasteiger partial charge in [-0.15, -0.1) is 0 Å². The van der Waals surface area contributed by atoms with E-state index in [2.05, 4.69) is 5.32 Å². The Labute approximate surface area is 178 Å². The van der Waals surface area contributed by atoms with E-state index in [4.69, 9.17) is 9.47 Å². The molecule has 1 aliphatic heterocycles. The van der Waals surface area contributed by atoms with Gasteiger partial charge in [0, 0.05) is 31.6 Å². The number of rotatable bonds is 6. The molecule has 1 unspecified atom stereocenters. The maximum atomic E-state index is 13.6. The van der Waals surface area contributed by atoms with Crippen LogP contribution in [-0.2, 0) is 9.53 Å². The van der Waals surface area contributed by atoms with Crippen molar-refractivity contribution >= 4 is 12.0 Å². The Balaban J connectivity index is 1.84. The van der Waals surface area contributed by atoms with E-state index in [1.807, 2.05) is 0 Å². The van der Waals surface area contributed by atoms with Crippen LogP contribution in [-0.4, -0.2) is 48.7 Å². The standard InChI is InChI=1S/C21H28F4N2O4/c1-12(11-30-18-16(24)14(22)8-15(23)17(18)25)9-26-19(28)13-6-5-7-27(10-13)20(29)31-21(2,3)4/h8,12-13H,5-7,9-11H2,1-4H3,(H,26,28)/t12?,13-/m0/s1. The summed E-state index contributed by atoms with van der Waals surface area (Å²) in [4.78, 5) is 26.2. The van der Waals surface area contributed by atoms with Crippen LogP contribution in [0.25, 0.3) is 0 Å². The summed E-state index contributed by atoms with van der Waals surface area (Å²) >= 11 is 0. The lowest BCUT2D eigenvalue weighted by Gasteiger charge is -2.33. The molecule has 0 aliphatic carbocycles. The molecule has 2 rings (SSSR count). The number of likely N-dealkylation sites (tertiary alicyclic amines) is 1. The van der Waals surface area contributed by atoms with Crippen molar-refractivity contribution in [3.05, 3.63) is 29.3 Å². The predicted octanol–water partition coefficient (Wildman–Crippen LogP) is 4.02. The molecule has 1 aromatic rings. The Kier molecular flexibility index (Phi) is 8.14. The van der Waals surface area contributed by atoms with Gasteiger partial charge in [-0.05, 0) is 33.6 Å². The number of nitrogens with one attached hydrogen (secondary N) is 1. The lowest BCUT2D eigenvalue weighted by molar-refractivity contribution is -0.126. The summed E-state index contributed by atoms with van der Waals surface area (Å²) in [6, 6.07) is 0.103. The normalized spacial score (nSPS) is 17.8. The molecule has 2 atom stereocenters. The highest BCUT2D eigenvalue weighted by atomic mass is 19.2. The van der Waals surface area contributed by atoms with Gasteiger partial charge < -0.3 is 19.7 Å². The zero-order valence-corrected chi connectivity index (χ0v) is 18.1. The fourth-order valence-electron chi connectivity index (χ4n) is 3.07. The van der Waals surface area contributed by atoms with E-state index in [0.29, 0.717) is 19.4 Å². The Morgan fingerprint density at radius 3 is 2.39 bits per heavy atom. The molecular formula is C21H28F4N2O4. The minimum Gasteiger partial charge on any atom is -0.487 e. The molecular weight excluding hydrogens is 420 g/mol. The molecule has 0 spiro atoms. The number of carbonyl (C=O) groups is 2. The van der Waals surface area contributed by atoms with Crippen LogP contribution in [0.4, 0.5) is 22.4 Å². The summed E-state index contributed by atoms with van der Waals surface area (Å²) in [5.74, 6) is -8.55. The van der Waals surface area contributed by atoms with Gasteiger partial charge in [0.15, 0.2) is 17.4 Å². The number of halogens is 4. The van der Waals surface area contributed by atoms with Gasteiger partial charge in [-0.3, -0.25) is 4.79 Å². The van der Waals surface area contributed by atoms with Crippen molar-refractivity contribution in [2.24, 2.45) is 11.8 Å². The topological polar surface area (TPSA) is 67.9 Å². The molecule has 10 heteroatoms. The largest absolute Gasteiger partial charge is 0.487 e. The van der Waals surface area contributed by atoms with Crippen molar-refractivity contribution in [1.29, 1.82) is 0 Å². The Hall–Kier alpha value is -2.52. The molecule has 6 nitrogen and oxygen atoms in total. The van der Waals surface area contributed by atoms with Crippen LogP contribution < -0.4 is 10.1 Å². The van der Waals surface area contributed by atoms with Crippen LogP contribution in [0.5, 0.6) is 5.75 Å². The van der Waals surface area contributed by atoms with Crippen molar-refractivity contribution in [3.8, 4) is 5.75 Å². The minimum absolute atomic E-state index is 0.103. The van der Waals surface area contributed by atoms with E-state index in [1.165, 1.54) is 4.90 Å². The lowest BCUT2D eigenvalue weighted by Crippen LogP contribution is -2.47. The molecule has 0 saturated carbocycles.